The van der Waals surface area contributed by atoms with Gasteiger partial charge in [-0.25, -0.2) is 8.78 Å². The summed E-state index contributed by atoms with van der Waals surface area (Å²) in [5, 5.41) is 3.06. The zero-order chi connectivity index (χ0) is 13.1. The van der Waals surface area contributed by atoms with Crippen molar-refractivity contribution in [2.75, 3.05) is 19.9 Å². The second-order valence-corrected chi connectivity index (χ2v) is 4.23. The van der Waals surface area contributed by atoms with Gasteiger partial charge in [0.2, 0.25) is 6.79 Å². The smallest absolute Gasteiger partial charge is 0.250 e. The topological polar surface area (TPSA) is 56.5 Å². The van der Waals surface area contributed by atoms with E-state index in [9.17, 15) is 8.78 Å². The van der Waals surface area contributed by atoms with E-state index in [1.54, 1.807) is 12.1 Å². The van der Waals surface area contributed by atoms with E-state index in [1.165, 1.54) is 0 Å². The number of fused-ring (bicyclic) bond motifs is 1. The molecule has 0 bridgehead atoms. The van der Waals surface area contributed by atoms with Gasteiger partial charge in [0.15, 0.2) is 11.5 Å². The summed E-state index contributed by atoms with van der Waals surface area (Å²) in [5.74, 6) is 0.986. The fraction of sp³-hybridized carbons (Fsp3) is 0.455. The first-order chi connectivity index (χ1) is 8.61. The third-order valence-electron chi connectivity index (χ3n) is 2.61. The Kier molecular flexibility index (Phi) is 4.21. The molecule has 1 atom stereocenters. The lowest BCUT2D eigenvalue weighted by Crippen LogP contribution is -2.31. The van der Waals surface area contributed by atoms with E-state index < -0.39 is 19.0 Å². The molecule has 2 rings (SSSR count). The lowest BCUT2D eigenvalue weighted by molar-refractivity contribution is 0.141. The van der Waals surface area contributed by atoms with Crippen LogP contribution in [0.5, 0.6) is 11.5 Å². The molecule has 0 saturated carbocycles. The van der Waals surface area contributed by atoms with Gasteiger partial charge in [0.25, 0.3) is 6.43 Å². The van der Waals surface area contributed by atoms with Gasteiger partial charge in [-0.3, -0.25) is 0 Å². The van der Waals surface area contributed by atoms with Crippen molar-refractivity contribution in [3.8, 4) is 11.5 Å². The molecule has 4 nitrogen and oxygen atoms in total. The molecule has 1 heterocycles. The molecule has 1 aromatic carbocycles. The average molecular weight is 279 g/mol. The van der Waals surface area contributed by atoms with E-state index in [1.807, 2.05) is 0 Å². The summed E-state index contributed by atoms with van der Waals surface area (Å²) in [6.07, 6.45) is -2.43. The van der Waals surface area contributed by atoms with Crippen LogP contribution in [-0.2, 0) is 0 Å². The lowest BCUT2D eigenvalue weighted by atomic mass is 10.1. The number of benzene rings is 1. The van der Waals surface area contributed by atoms with Crippen molar-refractivity contribution in [3.05, 3.63) is 22.7 Å². The largest absolute Gasteiger partial charge is 0.454 e. The second kappa shape index (κ2) is 5.69. The minimum absolute atomic E-state index is 0.107. The van der Waals surface area contributed by atoms with Crippen LogP contribution in [-0.4, -0.2) is 26.3 Å². The molecule has 1 aromatic rings. The van der Waals surface area contributed by atoms with Crippen molar-refractivity contribution >= 4 is 11.6 Å². The van der Waals surface area contributed by atoms with Crippen LogP contribution in [0.2, 0.25) is 5.02 Å². The van der Waals surface area contributed by atoms with Crippen LogP contribution in [0.4, 0.5) is 8.78 Å². The Morgan fingerprint density at radius 1 is 1.39 bits per heavy atom. The first-order valence-electron chi connectivity index (χ1n) is 5.42. The van der Waals surface area contributed by atoms with Crippen LogP contribution in [0.25, 0.3) is 0 Å². The maximum Gasteiger partial charge on any atom is 0.250 e. The van der Waals surface area contributed by atoms with Gasteiger partial charge in [0, 0.05) is 12.6 Å². The molecule has 3 N–H and O–H groups in total. The number of hydrogen-bond donors (Lipinski definition) is 2. The highest BCUT2D eigenvalue weighted by Crippen LogP contribution is 2.40. The van der Waals surface area contributed by atoms with Crippen LogP contribution < -0.4 is 20.5 Å². The summed E-state index contributed by atoms with van der Waals surface area (Å²) in [6.45, 7) is -0.132. The molecule has 0 aliphatic carbocycles. The predicted octanol–water partition coefficient (Wildman–Crippen LogP) is 1.92. The Hall–Kier alpha value is -1.11. The molecular formula is C11H13ClF2N2O2. The molecule has 1 aliphatic rings. The quantitative estimate of drug-likeness (QED) is 0.864. The van der Waals surface area contributed by atoms with E-state index in [0.29, 0.717) is 22.1 Å². The average Bonchev–Trinajstić information content (AvgIpc) is 2.78. The Balaban J connectivity index is 2.18. The minimum Gasteiger partial charge on any atom is -0.454 e. The van der Waals surface area contributed by atoms with Gasteiger partial charge in [-0.2, -0.15) is 0 Å². The van der Waals surface area contributed by atoms with Crippen molar-refractivity contribution in [1.82, 2.24) is 5.32 Å². The number of nitrogens with one attached hydrogen (secondary N) is 1. The second-order valence-electron chi connectivity index (χ2n) is 3.82. The first kappa shape index (κ1) is 13.3. The van der Waals surface area contributed by atoms with Gasteiger partial charge in [0.1, 0.15) is 0 Å². The van der Waals surface area contributed by atoms with E-state index in [4.69, 9.17) is 26.8 Å². The molecule has 0 spiro atoms. The summed E-state index contributed by atoms with van der Waals surface area (Å²) in [5.41, 5.74) is 6.27. The Morgan fingerprint density at radius 3 is 2.83 bits per heavy atom. The molecular weight excluding hydrogens is 266 g/mol. The summed E-state index contributed by atoms with van der Waals surface area (Å²) < 4.78 is 34.7. The van der Waals surface area contributed by atoms with Crippen LogP contribution in [0.3, 0.4) is 0 Å². The van der Waals surface area contributed by atoms with Gasteiger partial charge >= 0.3 is 0 Å². The van der Waals surface area contributed by atoms with Crippen molar-refractivity contribution in [2.24, 2.45) is 5.73 Å². The van der Waals surface area contributed by atoms with Crippen molar-refractivity contribution in [1.29, 1.82) is 0 Å². The number of ether oxygens (including phenoxy) is 2. The number of alkyl halides is 2. The van der Waals surface area contributed by atoms with Crippen LogP contribution >= 0.6 is 11.6 Å². The van der Waals surface area contributed by atoms with E-state index >= 15 is 0 Å². The molecule has 1 unspecified atom stereocenters. The monoisotopic (exact) mass is 278 g/mol. The molecule has 1 aliphatic heterocycles. The zero-order valence-corrected chi connectivity index (χ0v) is 10.2. The summed E-state index contributed by atoms with van der Waals surface area (Å²) in [6, 6.07) is 2.95. The third kappa shape index (κ3) is 2.82. The fourth-order valence-corrected chi connectivity index (χ4v) is 2.03. The SMILES string of the molecule is NCC(NCC(F)F)c1cc(Cl)c2c(c1)OCO2. The predicted molar refractivity (Wildman–Crippen MR) is 63.4 cm³/mol. The fourth-order valence-electron chi connectivity index (χ4n) is 1.76. The van der Waals surface area contributed by atoms with Crippen molar-refractivity contribution in [2.45, 2.75) is 12.5 Å². The van der Waals surface area contributed by atoms with E-state index in [-0.39, 0.29) is 13.3 Å². The highest BCUT2D eigenvalue weighted by atomic mass is 35.5. The number of rotatable bonds is 5. The van der Waals surface area contributed by atoms with Crippen LogP contribution in [0, 0.1) is 0 Å². The number of halogens is 3. The first-order valence-corrected chi connectivity index (χ1v) is 5.80. The lowest BCUT2D eigenvalue weighted by Gasteiger charge is -2.17. The van der Waals surface area contributed by atoms with Crippen LogP contribution in [0.15, 0.2) is 12.1 Å². The van der Waals surface area contributed by atoms with Crippen molar-refractivity contribution in [3.63, 3.8) is 0 Å². The van der Waals surface area contributed by atoms with Gasteiger partial charge in [-0.15, -0.1) is 0 Å². The molecule has 0 radical (unpaired) electrons. The number of hydrogen-bond acceptors (Lipinski definition) is 4. The van der Waals surface area contributed by atoms with E-state index in [2.05, 4.69) is 5.32 Å². The summed E-state index contributed by atoms with van der Waals surface area (Å²) in [4.78, 5) is 0. The zero-order valence-electron chi connectivity index (χ0n) is 9.46. The maximum atomic E-state index is 12.2. The van der Waals surface area contributed by atoms with Crippen LogP contribution in [0.1, 0.15) is 11.6 Å². The molecule has 7 heteroatoms. The van der Waals surface area contributed by atoms with Crippen molar-refractivity contribution < 1.29 is 18.3 Å². The molecule has 0 aromatic heterocycles. The third-order valence-corrected chi connectivity index (χ3v) is 2.89. The maximum absolute atomic E-state index is 12.2. The summed E-state index contributed by atoms with van der Waals surface area (Å²) >= 11 is 6.02. The van der Waals surface area contributed by atoms with Gasteiger partial charge in [-0.05, 0) is 17.7 Å². The Bertz CT molecular complexity index is 432. The van der Waals surface area contributed by atoms with E-state index in [0.717, 1.165) is 0 Å². The summed E-state index contributed by atoms with van der Waals surface area (Å²) in [7, 11) is 0. The minimum atomic E-state index is -2.43. The molecule has 18 heavy (non-hydrogen) atoms. The molecule has 0 fully saturated rings. The molecule has 0 amide bonds. The highest BCUT2D eigenvalue weighted by Gasteiger charge is 2.21. The van der Waals surface area contributed by atoms with Gasteiger partial charge < -0.3 is 20.5 Å². The highest BCUT2D eigenvalue weighted by molar-refractivity contribution is 6.32. The normalized spacial score (nSPS) is 15.2. The Morgan fingerprint density at radius 2 is 2.17 bits per heavy atom. The number of nitrogens with two attached hydrogens (primary N) is 1. The van der Waals surface area contributed by atoms with Gasteiger partial charge in [-0.1, -0.05) is 11.6 Å². The van der Waals surface area contributed by atoms with Gasteiger partial charge in [0.05, 0.1) is 11.6 Å². The molecule has 100 valence electrons. The standard InChI is InChI=1S/C11H13ClF2N2O2/c12-7-1-6(2-9-11(7)18-5-17-9)8(3-15)16-4-10(13)14/h1-2,8,10,16H,3-5,15H2. The molecule has 0 saturated heterocycles. The Labute approximate surface area is 108 Å².